The Bertz CT molecular complexity index is 1270. The molecule has 4 rings (SSSR count). The molecule has 2 amide bonds. The zero-order valence-electron chi connectivity index (χ0n) is 20.3. The second-order valence-electron chi connectivity index (χ2n) is 8.93. The number of amides is 2. The predicted molar refractivity (Wildman–Crippen MR) is 137 cm³/mol. The van der Waals surface area contributed by atoms with Crippen molar-refractivity contribution in [2.75, 3.05) is 19.6 Å². The van der Waals surface area contributed by atoms with Crippen molar-refractivity contribution in [1.82, 2.24) is 9.80 Å². The van der Waals surface area contributed by atoms with E-state index in [2.05, 4.69) is 0 Å². The van der Waals surface area contributed by atoms with Gasteiger partial charge in [-0.15, -0.1) is 11.3 Å². The van der Waals surface area contributed by atoms with Gasteiger partial charge in [0.15, 0.2) is 0 Å². The number of hydrogen-bond acceptors (Lipinski definition) is 5. The Morgan fingerprint density at radius 1 is 1.19 bits per heavy atom. The molecule has 1 unspecified atom stereocenters. The summed E-state index contributed by atoms with van der Waals surface area (Å²) in [5.74, 6) is -0.972. The van der Waals surface area contributed by atoms with Crippen LogP contribution < -0.4 is 0 Å². The molecule has 1 atom stereocenters. The van der Waals surface area contributed by atoms with Crippen LogP contribution in [0.25, 0.3) is 0 Å². The van der Waals surface area contributed by atoms with E-state index in [4.69, 9.17) is 0 Å². The zero-order valence-corrected chi connectivity index (χ0v) is 21.1. The highest BCUT2D eigenvalue weighted by Crippen LogP contribution is 2.38. The summed E-state index contributed by atoms with van der Waals surface area (Å²) in [6, 6.07) is 12.2. The van der Waals surface area contributed by atoms with Gasteiger partial charge in [0, 0.05) is 35.2 Å². The van der Waals surface area contributed by atoms with E-state index in [0.717, 1.165) is 17.5 Å². The van der Waals surface area contributed by atoms with E-state index in [-0.39, 0.29) is 35.6 Å². The Morgan fingerprint density at radius 2 is 1.94 bits per heavy atom. The molecule has 36 heavy (non-hydrogen) atoms. The first-order valence-corrected chi connectivity index (χ1v) is 12.8. The van der Waals surface area contributed by atoms with Gasteiger partial charge in [0.2, 0.25) is 5.91 Å². The molecule has 0 saturated heterocycles. The molecule has 1 aliphatic rings. The van der Waals surface area contributed by atoms with Crippen molar-refractivity contribution in [3.63, 3.8) is 0 Å². The van der Waals surface area contributed by atoms with E-state index in [0.29, 0.717) is 31.5 Å². The van der Waals surface area contributed by atoms with E-state index in [1.54, 1.807) is 47.4 Å². The van der Waals surface area contributed by atoms with Crippen molar-refractivity contribution in [2.45, 2.75) is 39.2 Å². The van der Waals surface area contributed by atoms with Gasteiger partial charge in [0.1, 0.15) is 12.4 Å². The Labute approximate surface area is 213 Å². The van der Waals surface area contributed by atoms with E-state index < -0.39 is 10.8 Å². The normalized spacial score (nSPS) is 14.9. The Hall–Kier alpha value is -3.59. The standard InChI is InChI=1S/C27H28FN3O4S/c1-3-4-13-29(27(33)20-6-5-18(2)23(16-20)31(34)35)17-25(32)30-14-11-24-22(12-15-36-24)26(30)19-7-9-21(28)10-8-19/h5-10,12,15-16,26H,3-4,11,13-14,17H2,1-2H3. The van der Waals surface area contributed by atoms with Gasteiger partial charge in [-0.25, -0.2) is 4.39 Å². The Kier molecular flexibility index (Phi) is 7.79. The Balaban J connectivity index is 1.62. The number of hydrogen-bond donors (Lipinski definition) is 0. The smallest absolute Gasteiger partial charge is 0.273 e. The molecule has 2 aromatic carbocycles. The number of aryl methyl sites for hydroxylation is 1. The highest BCUT2D eigenvalue weighted by atomic mass is 32.1. The molecule has 1 aliphatic heterocycles. The molecule has 0 N–H and O–H groups in total. The number of unbranched alkanes of at least 4 members (excludes halogenated alkanes) is 1. The van der Waals surface area contributed by atoms with Crippen LogP contribution in [0.15, 0.2) is 53.9 Å². The molecular formula is C27H28FN3O4S. The van der Waals surface area contributed by atoms with E-state index in [1.807, 2.05) is 18.4 Å². The molecule has 0 spiro atoms. The molecule has 1 aromatic heterocycles. The number of nitro benzene ring substituents is 1. The van der Waals surface area contributed by atoms with Crippen molar-refractivity contribution in [2.24, 2.45) is 0 Å². The lowest BCUT2D eigenvalue weighted by Crippen LogP contribution is -2.47. The quantitative estimate of drug-likeness (QED) is 0.296. The molecule has 0 fully saturated rings. The van der Waals surface area contributed by atoms with Gasteiger partial charge >= 0.3 is 0 Å². The van der Waals surface area contributed by atoms with Gasteiger partial charge in [-0.05, 0) is 60.5 Å². The van der Waals surface area contributed by atoms with Gasteiger partial charge in [0.25, 0.3) is 11.6 Å². The van der Waals surface area contributed by atoms with Crippen molar-refractivity contribution in [3.8, 4) is 0 Å². The third-order valence-corrected chi connectivity index (χ3v) is 7.52. The lowest BCUT2D eigenvalue weighted by molar-refractivity contribution is -0.385. The maximum atomic E-state index is 13.7. The molecule has 188 valence electrons. The third kappa shape index (κ3) is 5.31. The fraction of sp³-hybridized carbons (Fsp3) is 0.333. The summed E-state index contributed by atoms with van der Waals surface area (Å²) in [5, 5.41) is 13.4. The van der Waals surface area contributed by atoms with Gasteiger partial charge in [-0.3, -0.25) is 19.7 Å². The topological polar surface area (TPSA) is 83.8 Å². The second kappa shape index (κ2) is 11.0. The largest absolute Gasteiger partial charge is 0.330 e. The molecule has 9 heteroatoms. The summed E-state index contributed by atoms with van der Waals surface area (Å²) in [6.07, 6.45) is 2.23. The predicted octanol–water partition coefficient (Wildman–Crippen LogP) is 5.52. The number of nitro groups is 1. The molecule has 2 heterocycles. The van der Waals surface area contributed by atoms with Gasteiger partial charge in [-0.1, -0.05) is 31.5 Å². The maximum Gasteiger partial charge on any atom is 0.273 e. The number of halogens is 1. The fourth-order valence-corrected chi connectivity index (χ4v) is 5.47. The summed E-state index contributed by atoms with van der Waals surface area (Å²) >= 11 is 1.64. The number of nitrogens with zero attached hydrogens (tertiary/aromatic N) is 3. The van der Waals surface area contributed by atoms with Crippen LogP contribution in [0.5, 0.6) is 0 Å². The van der Waals surface area contributed by atoms with Crippen LogP contribution in [0, 0.1) is 22.9 Å². The zero-order chi connectivity index (χ0) is 25.8. The molecule has 0 aliphatic carbocycles. The van der Waals surface area contributed by atoms with Crippen LogP contribution in [0.2, 0.25) is 0 Å². The molecular weight excluding hydrogens is 481 g/mol. The minimum Gasteiger partial charge on any atom is -0.330 e. The van der Waals surface area contributed by atoms with Crippen molar-refractivity contribution in [1.29, 1.82) is 0 Å². The van der Waals surface area contributed by atoms with Gasteiger partial charge in [-0.2, -0.15) is 0 Å². The van der Waals surface area contributed by atoms with Crippen molar-refractivity contribution in [3.05, 3.63) is 97.0 Å². The summed E-state index contributed by atoms with van der Waals surface area (Å²) in [6.45, 7) is 4.32. The van der Waals surface area contributed by atoms with E-state index >= 15 is 0 Å². The van der Waals surface area contributed by atoms with Crippen LogP contribution in [-0.4, -0.2) is 46.2 Å². The average Bonchev–Trinajstić information content (AvgIpc) is 3.35. The molecule has 0 bridgehead atoms. The van der Waals surface area contributed by atoms with Gasteiger partial charge < -0.3 is 9.80 Å². The Morgan fingerprint density at radius 3 is 2.64 bits per heavy atom. The monoisotopic (exact) mass is 509 g/mol. The number of benzene rings is 2. The van der Waals surface area contributed by atoms with Crippen LogP contribution in [0.1, 0.15) is 57.7 Å². The SMILES string of the molecule is CCCCN(CC(=O)N1CCc2sccc2C1c1ccc(F)cc1)C(=O)c1ccc(C)c([N+](=O)[O-])c1. The third-order valence-electron chi connectivity index (χ3n) is 6.52. The fourth-order valence-electron chi connectivity index (χ4n) is 4.57. The average molecular weight is 510 g/mol. The van der Waals surface area contributed by atoms with Gasteiger partial charge in [0.05, 0.1) is 11.0 Å². The molecule has 0 radical (unpaired) electrons. The van der Waals surface area contributed by atoms with E-state index in [1.165, 1.54) is 28.0 Å². The summed E-state index contributed by atoms with van der Waals surface area (Å²) < 4.78 is 13.6. The van der Waals surface area contributed by atoms with Crippen LogP contribution in [0.4, 0.5) is 10.1 Å². The van der Waals surface area contributed by atoms with Crippen LogP contribution in [-0.2, 0) is 11.2 Å². The number of fused-ring (bicyclic) bond motifs is 1. The maximum absolute atomic E-state index is 13.7. The number of thiophene rings is 1. The lowest BCUT2D eigenvalue weighted by Gasteiger charge is -2.37. The molecule has 7 nitrogen and oxygen atoms in total. The van der Waals surface area contributed by atoms with Crippen LogP contribution in [0.3, 0.4) is 0 Å². The number of carbonyl (C=O) groups excluding carboxylic acids is 2. The number of rotatable bonds is 8. The minimum atomic E-state index is -0.507. The van der Waals surface area contributed by atoms with Crippen molar-refractivity contribution < 1.29 is 18.9 Å². The number of carbonyl (C=O) groups is 2. The van der Waals surface area contributed by atoms with Crippen LogP contribution >= 0.6 is 11.3 Å². The highest BCUT2D eigenvalue weighted by molar-refractivity contribution is 7.10. The molecule has 0 saturated carbocycles. The summed E-state index contributed by atoms with van der Waals surface area (Å²) in [5.41, 5.74) is 2.36. The highest BCUT2D eigenvalue weighted by Gasteiger charge is 2.34. The van der Waals surface area contributed by atoms with E-state index in [9.17, 15) is 24.1 Å². The minimum absolute atomic E-state index is 0.125. The lowest BCUT2D eigenvalue weighted by atomic mass is 9.93. The first kappa shape index (κ1) is 25.5. The second-order valence-corrected chi connectivity index (χ2v) is 9.93. The first-order valence-electron chi connectivity index (χ1n) is 12.0. The first-order chi connectivity index (χ1) is 17.3. The molecule has 3 aromatic rings. The summed E-state index contributed by atoms with van der Waals surface area (Å²) in [4.78, 5) is 42.4. The summed E-state index contributed by atoms with van der Waals surface area (Å²) in [7, 11) is 0. The van der Waals surface area contributed by atoms with Crippen molar-refractivity contribution >= 4 is 28.8 Å².